The van der Waals surface area contributed by atoms with Crippen LogP contribution in [0.1, 0.15) is 40.0 Å². The summed E-state index contributed by atoms with van der Waals surface area (Å²) in [5, 5.41) is 3.67. The normalized spacial score (nSPS) is 24.9. The Morgan fingerprint density at radius 1 is 1.41 bits per heavy atom. The summed E-state index contributed by atoms with van der Waals surface area (Å²) in [6.07, 6.45) is 3.81. The fourth-order valence-corrected chi connectivity index (χ4v) is 2.76. The Kier molecular flexibility index (Phi) is 7.09. The van der Waals surface area contributed by atoms with Gasteiger partial charge in [-0.3, -0.25) is 4.90 Å². The second-order valence-corrected chi connectivity index (χ2v) is 5.55. The third-order valence-corrected chi connectivity index (χ3v) is 3.72. The number of ether oxygens (including phenoxy) is 1. The fourth-order valence-electron chi connectivity index (χ4n) is 2.76. The highest BCUT2D eigenvalue weighted by Crippen LogP contribution is 2.15. The van der Waals surface area contributed by atoms with Crippen LogP contribution < -0.4 is 5.32 Å². The van der Waals surface area contributed by atoms with Gasteiger partial charge in [0.1, 0.15) is 0 Å². The van der Waals surface area contributed by atoms with Crippen LogP contribution in [0.3, 0.4) is 0 Å². The maximum Gasteiger partial charge on any atom is 0.0620 e. The average molecular weight is 242 g/mol. The zero-order valence-electron chi connectivity index (χ0n) is 12.0. The van der Waals surface area contributed by atoms with Crippen molar-refractivity contribution in [3.8, 4) is 0 Å². The molecule has 1 N–H and O–H groups in total. The third-order valence-electron chi connectivity index (χ3n) is 3.72. The van der Waals surface area contributed by atoms with E-state index in [1.807, 2.05) is 7.11 Å². The molecule has 1 aliphatic heterocycles. The summed E-state index contributed by atoms with van der Waals surface area (Å²) in [4.78, 5) is 2.63. The van der Waals surface area contributed by atoms with E-state index in [1.54, 1.807) is 0 Å². The molecule has 3 heteroatoms. The highest BCUT2D eigenvalue weighted by molar-refractivity contribution is 4.82. The third kappa shape index (κ3) is 4.94. The second kappa shape index (κ2) is 8.06. The van der Waals surface area contributed by atoms with Gasteiger partial charge in [-0.05, 0) is 31.8 Å². The van der Waals surface area contributed by atoms with E-state index in [0.717, 1.165) is 6.61 Å². The summed E-state index contributed by atoms with van der Waals surface area (Å²) in [5.74, 6) is 0.662. The predicted molar refractivity (Wildman–Crippen MR) is 73.4 cm³/mol. The van der Waals surface area contributed by atoms with Crippen LogP contribution in [-0.4, -0.2) is 50.3 Å². The van der Waals surface area contributed by atoms with E-state index in [2.05, 4.69) is 31.0 Å². The largest absolute Gasteiger partial charge is 0.383 e. The van der Waals surface area contributed by atoms with Crippen LogP contribution in [0.25, 0.3) is 0 Å². The lowest BCUT2D eigenvalue weighted by atomic mass is 10.0. The van der Waals surface area contributed by atoms with Crippen LogP contribution in [0.15, 0.2) is 0 Å². The van der Waals surface area contributed by atoms with Crippen molar-refractivity contribution in [2.45, 2.75) is 52.1 Å². The van der Waals surface area contributed by atoms with E-state index in [0.29, 0.717) is 18.0 Å². The lowest BCUT2D eigenvalue weighted by Crippen LogP contribution is -2.46. The molecular weight excluding hydrogens is 212 g/mol. The van der Waals surface area contributed by atoms with Gasteiger partial charge in [-0.25, -0.2) is 0 Å². The molecule has 3 nitrogen and oxygen atoms in total. The van der Waals surface area contributed by atoms with Gasteiger partial charge in [0.2, 0.25) is 0 Å². The van der Waals surface area contributed by atoms with E-state index in [4.69, 9.17) is 4.74 Å². The molecule has 0 bridgehead atoms. The van der Waals surface area contributed by atoms with Gasteiger partial charge in [-0.15, -0.1) is 0 Å². The lowest BCUT2D eigenvalue weighted by Gasteiger charge is -2.34. The van der Waals surface area contributed by atoms with Gasteiger partial charge in [0.15, 0.2) is 0 Å². The van der Waals surface area contributed by atoms with Crippen LogP contribution in [0.5, 0.6) is 0 Å². The molecule has 1 heterocycles. The van der Waals surface area contributed by atoms with Crippen LogP contribution in [0, 0.1) is 5.92 Å². The van der Waals surface area contributed by atoms with Gasteiger partial charge < -0.3 is 10.1 Å². The Morgan fingerprint density at radius 2 is 2.18 bits per heavy atom. The Balaban J connectivity index is 2.58. The molecule has 1 fully saturated rings. The molecule has 1 aliphatic rings. The first-order valence-corrected chi connectivity index (χ1v) is 7.15. The molecule has 0 saturated carbocycles. The summed E-state index contributed by atoms with van der Waals surface area (Å²) in [5.41, 5.74) is 0. The molecule has 102 valence electrons. The maximum absolute atomic E-state index is 5.39. The smallest absolute Gasteiger partial charge is 0.0620 e. The minimum Gasteiger partial charge on any atom is -0.383 e. The van der Waals surface area contributed by atoms with Crippen molar-refractivity contribution in [1.29, 1.82) is 0 Å². The Bertz CT molecular complexity index is 197. The number of methoxy groups -OCH3 is 1. The molecule has 1 rings (SSSR count). The van der Waals surface area contributed by atoms with E-state index in [9.17, 15) is 0 Å². The molecule has 2 unspecified atom stereocenters. The van der Waals surface area contributed by atoms with Crippen molar-refractivity contribution in [3.05, 3.63) is 0 Å². The van der Waals surface area contributed by atoms with E-state index in [1.165, 1.54) is 38.9 Å². The van der Waals surface area contributed by atoms with Crippen molar-refractivity contribution in [1.82, 2.24) is 10.2 Å². The van der Waals surface area contributed by atoms with Crippen LogP contribution in [-0.2, 0) is 4.74 Å². The van der Waals surface area contributed by atoms with Gasteiger partial charge in [0.05, 0.1) is 6.61 Å². The Morgan fingerprint density at radius 3 is 2.76 bits per heavy atom. The molecule has 17 heavy (non-hydrogen) atoms. The van der Waals surface area contributed by atoms with Crippen molar-refractivity contribution in [2.75, 3.05) is 33.4 Å². The summed E-state index contributed by atoms with van der Waals surface area (Å²) in [6.45, 7) is 11.3. The average Bonchev–Trinajstić information content (AvgIpc) is 2.51. The highest BCUT2D eigenvalue weighted by Gasteiger charge is 2.25. The molecule has 1 saturated heterocycles. The zero-order valence-corrected chi connectivity index (χ0v) is 12.0. The molecular formula is C14H30N2O. The summed E-state index contributed by atoms with van der Waals surface area (Å²) < 4.78 is 5.39. The maximum atomic E-state index is 5.39. The fraction of sp³-hybridized carbons (Fsp3) is 1.00. The number of hydrogen-bond acceptors (Lipinski definition) is 3. The molecule has 0 aliphatic carbocycles. The number of hydrogen-bond donors (Lipinski definition) is 1. The minimum absolute atomic E-state index is 0.569. The standard InChI is InChI=1S/C14H30N2O/c1-5-7-13-10-16(9-6-8-15-13)14(11-17-4)12(2)3/h12-15H,5-11H2,1-4H3. The number of nitrogens with zero attached hydrogens (tertiary/aromatic N) is 1. The summed E-state index contributed by atoms with van der Waals surface area (Å²) in [7, 11) is 1.81. The SMILES string of the molecule is CCCC1CN(C(COC)C(C)C)CCCN1. The first kappa shape index (κ1) is 14.9. The quantitative estimate of drug-likeness (QED) is 0.772. The van der Waals surface area contributed by atoms with E-state index < -0.39 is 0 Å². The highest BCUT2D eigenvalue weighted by atomic mass is 16.5. The zero-order chi connectivity index (χ0) is 12.7. The minimum atomic E-state index is 0.569. The number of nitrogens with one attached hydrogen (secondary N) is 1. The molecule has 0 aromatic rings. The molecule has 0 aromatic heterocycles. The van der Waals surface area contributed by atoms with Crippen molar-refractivity contribution >= 4 is 0 Å². The molecule has 0 radical (unpaired) electrons. The van der Waals surface area contributed by atoms with Crippen LogP contribution in [0.2, 0.25) is 0 Å². The van der Waals surface area contributed by atoms with Gasteiger partial charge >= 0.3 is 0 Å². The lowest BCUT2D eigenvalue weighted by molar-refractivity contribution is 0.0626. The Hall–Kier alpha value is -0.120. The summed E-state index contributed by atoms with van der Waals surface area (Å²) >= 11 is 0. The van der Waals surface area contributed by atoms with Crippen molar-refractivity contribution in [3.63, 3.8) is 0 Å². The molecule has 2 atom stereocenters. The molecule has 0 aromatic carbocycles. The number of rotatable bonds is 6. The first-order chi connectivity index (χ1) is 8.19. The molecule has 0 spiro atoms. The van der Waals surface area contributed by atoms with E-state index >= 15 is 0 Å². The van der Waals surface area contributed by atoms with Crippen LogP contribution in [0.4, 0.5) is 0 Å². The molecule has 0 amide bonds. The first-order valence-electron chi connectivity index (χ1n) is 7.15. The summed E-state index contributed by atoms with van der Waals surface area (Å²) in [6, 6.07) is 1.24. The second-order valence-electron chi connectivity index (χ2n) is 5.55. The van der Waals surface area contributed by atoms with Crippen molar-refractivity contribution < 1.29 is 4.74 Å². The van der Waals surface area contributed by atoms with Gasteiger partial charge in [0, 0.05) is 25.7 Å². The topological polar surface area (TPSA) is 24.5 Å². The predicted octanol–water partition coefficient (Wildman–Crippen LogP) is 2.12. The van der Waals surface area contributed by atoms with Gasteiger partial charge in [-0.2, -0.15) is 0 Å². The van der Waals surface area contributed by atoms with Crippen molar-refractivity contribution in [2.24, 2.45) is 5.92 Å². The van der Waals surface area contributed by atoms with Gasteiger partial charge in [-0.1, -0.05) is 27.2 Å². The van der Waals surface area contributed by atoms with Gasteiger partial charge in [0.25, 0.3) is 0 Å². The van der Waals surface area contributed by atoms with E-state index in [-0.39, 0.29) is 0 Å². The monoisotopic (exact) mass is 242 g/mol. The van der Waals surface area contributed by atoms with Crippen LogP contribution >= 0.6 is 0 Å². The Labute approximate surface area is 107 Å².